The van der Waals surface area contributed by atoms with Crippen molar-refractivity contribution < 1.29 is 9.84 Å². The monoisotopic (exact) mass is 318 g/mol. The van der Waals surface area contributed by atoms with Gasteiger partial charge in [0.1, 0.15) is 11.9 Å². The SMILES string of the molecule is O[C@H](CN1CC[C@H](Oc2ccncc2)C1)c1cccc(Cl)c1. The Morgan fingerprint density at radius 3 is 2.91 bits per heavy atom. The molecule has 2 heterocycles. The molecule has 0 radical (unpaired) electrons. The van der Waals surface area contributed by atoms with E-state index in [1.54, 1.807) is 12.4 Å². The fraction of sp³-hybridized carbons (Fsp3) is 0.353. The lowest BCUT2D eigenvalue weighted by Crippen LogP contribution is -2.29. The van der Waals surface area contributed by atoms with Gasteiger partial charge in [-0.05, 0) is 36.2 Å². The second-order valence-electron chi connectivity index (χ2n) is 5.54. The van der Waals surface area contributed by atoms with E-state index in [-0.39, 0.29) is 6.10 Å². The molecule has 0 saturated carbocycles. The van der Waals surface area contributed by atoms with Crippen LogP contribution in [-0.4, -0.2) is 40.7 Å². The smallest absolute Gasteiger partial charge is 0.122 e. The molecule has 1 aliphatic rings. The van der Waals surface area contributed by atoms with Crippen LogP contribution in [0.4, 0.5) is 0 Å². The minimum Gasteiger partial charge on any atom is -0.489 e. The van der Waals surface area contributed by atoms with Gasteiger partial charge >= 0.3 is 0 Å². The van der Waals surface area contributed by atoms with Crippen molar-refractivity contribution in [3.05, 3.63) is 59.4 Å². The molecule has 2 atom stereocenters. The van der Waals surface area contributed by atoms with Gasteiger partial charge in [-0.1, -0.05) is 23.7 Å². The number of rotatable bonds is 5. The van der Waals surface area contributed by atoms with Gasteiger partial charge in [-0.2, -0.15) is 0 Å². The number of aromatic nitrogens is 1. The van der Waals surface area contributed by atoms with Crippen molar-refractivity contribution in [3.8, 4) is 5.75 Å². The predicted molar refractivity (Wildman–Crippen MR) is 86.1 cm³/mol. The average Bonchev–Trinajstić information content (AvgIpc) is 2.95. The zero-order chi connectivity index (χ0) is 15.4. The molecule has 0 spiro atoms. The van der Waals surface area contributed by atoms with E-state index in [1.165, 1.54) is 0 Å². The van der Waals surface area contributed by atoms with Crippen LogP contribution in [0, 0.1) is 0 Å². The van der Waals surface area contributed by atoms with Gasteiger partial charge in [-0.15, -0.1) is 0 Å². The highest BCUT2D eigenvalue weighted by Crippen LogP contribution is 2.22. The number of ether oxygens (including phenoxy) is 1. The van der Waals surface area contributed by atoms with Crippen LogP contribution in [0.15, 0.2) is 48.8 Å². The summed E-state index contributed by atoms with van der Waals surface area (Å²) < 4.78 is 5.93. The maximum Gasteiger partial charge on any atom is 0.122 e. The van der Waals surface area contributed by atoms with Gasteiger partial charge < -0.3 is 9.84 Å². The van der Waals surface area contributed by atoms with Gasteiger partial charge in [0.15, 0.2) is 0 Å². The Balaban J connectivity index is 1.52. The van der Waals surface area contributed by atoms with E-state index < -0.39 is 6.10 Å². The third kappa shape index (κ3) is 3.97. The first-order valence-electron chi connectivity index (χ1n) is 7.43. The summed E-state index contributed by atoms with van der Waals surface area (Å²) in [6, 6.07) is 11.1. The number of likely N-dealkylation sites (tertiary alicyclic amines) is 1. The van der Waals surface area contributed by atoms with Crippen LogP contribution in [0.25, 0.3) is 0 Å². The molecule has 0 bridgehead atoms. The fourth-order valence-corrected chi connectivity index (χ4v) is 2.93. The number of aliphatic hydroxyl groups is 1. The van der Waals surface area contributed by atoms with Crippen molar-refractivity contribution in [2.75, 3.05) is 19.6 Å². The molecule has 1 aliphatic heterocycles. The minimum atomic E-state index is -0.529. The van der Waals surface area contributed by atoms with Gasteiger partial charge in [0, 0.05) is 37.1 Å². The lowest BCUT2D eigenvalue weighted by atomic mass is 10.1. The van der Waals surface area contributed by atoms with Crippen molar-refractivity contribution >= 4 is 11.6 Å². The average molecular weight is 319 g/mol. The lowest BCUT2D eigenvalue weighted by Gasteiger charge is -2.20. The standard InChI is InChI=1S/C17H19ClN2O2/c18-14-3-1-2-13(10-14)17(21)12-20-9-6-16(11-20)22-15-4-7-19-8-5-15/h1-5,7-8,10,16-17,21H,6,9,11-12H2/t16-,17+/m0/s1. The van der Waals surface area contributed by atoms with E-state index >= 15 is 0 Å². The highest BCUT2D eigenvalue weighted by molar-refractivity contribution is 6.30. The van der Waals surface area contributed by atoms with E-state index in [1.807, 2.05) is 36.4 Å². The van der Waals surface area contributed by atoms with Gasteiger partial charge in [-0.25, -0.2) is 0 Å². The number of hydrogen-bond donors (Lipinski definition) is 1. The van der Waals surface area contributed by atoms with Gasteiger partial charge in [0.05, 0.1) is 6.10 Å². The molecule has 0 aliphatic carbocycles. The van der Waals surface area contributed by atoms with Crippen molar-refractivity contribution in [3.63, 3.8) is 0 Å². The largest absolute Gasteiger partial charge is 0.489 e. The summed E-state index contributed by atoms with van der Waals surface area (Å²) >= 11 is 5.97. The maximum absolute atomic E-state index is 10.3. The van der Waals surface area contributed by atoms with Crippen LogP contribution in [0.1, 0.15) is 18.1 Å². The van der Waals surface area contributed by atoms with Crippen LogP contribution in [0.5, 0.6) is 5.75 Å². The summed E-state index contributed by atoms with van der Waals surface area (Å²) in [4.78, 5) is 6.20. The van der Waals surface area contributed by atoms with E-state index in [0.717, 1.165) is 30.8 Å². The fourth-order valence-electron chi connectivity index (χ4n) is 2.73. The van der Waals surface area contributed by atoms with Gasteiger partial charge in [0.2, 0.25) is 0 Å². The molecule has 22 heavy (non-hydrogen) atoms. The third-order valence-corrected chi connectivity index (χ3v) is 4.08. The predicted octanol–water partition coefficient (Wildman–Crippen LogP) is 2.92. The number of pyridine rings is 1. The quantitative estimate of drug-likeness (QED) is 0.920. The Morgan fingerprint density at radius 2 is 2.14 bits per heavy atom. The molecule has 1 aromatic heterocycles. The first-order valence-corrected chi connectivity index (χ1v) is 7.81. The molecule has 5 heteroatoms. The summed E-state index contributed by atoms with van der Waals surface area (Å²) in [7, 11) is 0. The van der Waals surface area contributed by atoms with Crippen molar-refractivity contribution in [2.24, 2.45) is 0 Å². The highest BCUT2D eigenvalue weighted by atomic mass is 35.5. The number of nitrogens with zero attached hydrogens (tertiary/aromatic N) is 2. The number of aliphatic hydroxyl groups excluding tert-OH is 1. The Bertz CT molecular complexity index is 609. The van der Waals surface area contributed by atoms with E-state index in [4.69, 9.17) is 16.3 Å². The molecule has 2 aromatic rings. The first-order chi connectivity index (χ1) is 10.7. The molecule has 4 nitrogen and oxygen atoms in total. The second kappa shape index (κ2) is 7.09. The van der Waals surface area contributed by atoms with Crippen LogP contribution >= 0.6 is 11.6 Å². The van der Waals surface area contributed by atoms with Crippen molar-refractivity contribution in [1.29, 1.82) is 0 Å². The minimum absolute atomic E-state index is 0.161. The van der Waals surface area contributed by atoms with Gasteiger partial charge in [-0.3, -0.25) is 9.88 Å². The van der Waals surface area contributed by atoms with E-state index in [2.05, 4.69) is 9.88 Å². The molecule has 0 amide bonds. The van der Waals surface area contributed by atoms with E-state index in [0.29, 0.717) is 11.6 Å². The Hall–Kier alpha value is -1.62. The van der Waals surface area contributed by atoms with E-state index in [9.17, 15) is 5.11 Å². The Morgan fingerprint density at radius 1 is 1.32 bits per heavy atom. The number of hydrogen-bond acceptors (Lipinski definition) is 4. The number of benzene rings is 1. The molecule has 0 unspecified atom stereocenters. The lowest BCUT2D eigenvalue weighted by molar-refractivity contribution is 0.117. The Kier molecular flexibility index (Phi) is 4.93. The number of halogens is 1. The molecule has 1 N–H and O–H groups in total. The topological polar surface area (TPSA) is 45.6 Å². The molecule has 1 saturated heterocycles. The normalized spacial score (nSPS) is 20.0. The van der Waals surface area contributed by atoms with Crippen molar-refractivity contribution in [2.45, 2.75) is 18.6 Å². The molecular formula is C17H19ClN2O2. The third-order valence-electron chi connectivity index (χ3n) is 3.85. The van der Waals surface area contributed by atoms with Crippen LogP contribution in [-0.2, 0) is 0 Å². The summed E-state index contributed by atoms with van der Waals surface area (Å²) in [6.07, 6.45) is 4.05. The van der Waals surface area contributed by atoms with Crippen molar-refractivity contribution in [1.82, 2.24) is 9.88 Å². The number of β-amino-alcohol motifs (C(OH)–C–C–N with tert-alkyl or cyclic N) is 1. The molecule has 1 aromatic carbocycles. The van der Waals surface area contributed by atoms with Crippen LogP contribution < -0.4 is 4.74 Å². The highest BCUT2D eigenvalue weighted by Gasteiger charge is 2.26. The Labute approximate surface area is 135 Å². The van der Waals surface area contributed by atoms with Crippen LogP contribution in [0.3, 0.4) is 0 Å². The second-order valence-corrected chi connectivity index (χ2v) is 5.98. The molecule has 3 rings (SSSR count). The van der Waals surface area contributed by atoms with Crippen LogP contribution in [0.2, 0.25) is 5.02 Å². The summed E-state index contributed by atoms with van der Waals surface area (Å²) in [5.74, 6) is 0.845. The zero-order valence-corrected chi connectivity index (χ0v) is 13.0. The zero-order valence-electron chi connectivity index (χ0n) is 12.2. The molecule has 1 fully saturated rings. The summed E-state index contributed by atoms with van der Waals surface area (Å²) in [5.41, 5.74) is 0.853. The molecular weight excluding hydrogens is 300 g/mol. The first kappa shape index (κ1) is 15.3. The maximum atomic E-state index is 10.3. The summed E-state index contributed by atoms with van der Waals surface area (Å²) in [5, 5.41) is 11.0. The molecule has 116 valence electrons. The van der Waals surface area contributed by atoms with Gasteiger partial charge in [0.25, 0.3) is 0 Å². The summed E-state index contributed by atoms with van der Waals surface area (Å²) in [6.45, 7) is 2.34.